The van der Waals surface area contributed by atoms with Crippen LogP contribution in [0.5, 0.6) is 0 Å². The number of anilines is 1. The van der Waals surface area contributed by atoms with Gasteiger partial charge in [-0.05, 0) is 40.0 Å². The smallest absolute Gasteiger partial charge is 0.0738 e. The van der Waals surface area contributed by atoms with Crippen molar-refractivity contribution in [2.24, 2.45) is 5.73 Å². The fourth-order valence-corrected chi connectivity index (χ4v) is 2.75. The first-order chi connectivity index (χ1) is 9.54. The number of aryl methyl sites for hydroxylation is 1. The van der Waals surface area contributed by atoms with Gasteiger partial charge in [0.2, 0.25) is 0 Å². The number of halogens is 1. The van der Waals surface area contributed by atoms with Crippen molar-refractivity contribution >= 4 is 21.6 Å². The first-order valence-corrected chi connectivity index (χ1v) is 7.58. The number of benzene rings is 1. The van der Waals surface area contributed by atoms with Crippen molar-refractivity contribution < 1.29 is 0 Å². The molecule has 108 valence electrons. The van der Waals surface area contributed by atoms with E-state index in [4.69, 9.17) is 5.73 Å². The van der Waals surface area contributed by atoms with Crippen LogP contribution in [0, 0.1) is 0 Å². The van der Waals surface area contributed by atoms with Gasteiger partial charge in [0.05, 0.1) is 22.4 Å². The zero-order chi connectivity index (χ0) is 14.7. The normalized spacial score (nSPS) is 12.4. The Morgan fingerprint density at radius 3 is 2.50 bits per heavy atom. The maximum atomic E-state index is 6.41. The summed E-state index contributed by atoms with van der Waals surface area (Å²) in [6.45, 7) is 3.02. The standard InChI is InChI=1S/C15H21BrN4/c1-4-9-20-15(13(16)10-18-20)14(17)11-5-7-12(8-6-11)19(2)3/h5-8,10,14H,4,9,17H2,1-3H3. The Kier molecular flexibility index (Phi) is 4.83. The van der Waals surface area contributed by atoms with Gasteiger partial charge in [0.15, 0.2) is 0 Å². The summed E-state index contributed by atoms with van der Waals surface area (Å²) in [7, 11) is 4.06. The minimum Gasteiger partial charge on any atom is -0.378 e. The molecule has 20 heavy (non-hydrogen) atoms. The van der Waals surface area contributed by atoms with Crippen molar-refractivity contribution in [3.8, 4) is 0 Å². The molecule has 2 N–H and O–H groups in total. The molecule has 0 amide bonds. The lowest BCUT2D eigenvalue weighted by molar-refractivity contribution is 0.559. The summed E-state index contributed by atoms with van der Waals surface area (Å²) in [5, 5.41) is 4.38. The predicted octanol–water partition coefficient (Wildman–Crippen LogP) is 3.17. The Morgan fingerprint density at radius 1 is 1.30 bits per heavy atom. The van der Waals surface area contributed by atoms with Gasteiger partial charge in [0.1, 0.15) is 0 Å². The first-order valence-electron chi connectivity index (χ1n) is 6.78. The summed E-state index contributed by atoms with van der Waals surface area (Å²) in [6, 6.07) is 8.16. The topological polar surface area (TPSA) is 47.1 Å². The Morgan fingerprint density at radius 2 is 1.95 bits per heavy atom. The molecule has 0 aliphatic carbocycles. The molecule has 1 atom stereocenters. The molecular weight excluding hydrogens is 316 g/mol. The quantitative estimate of drug-likeness (QED) is 0.912. The molecule has 5 heteroatoms. The average Bonchev–Trinajstić information content (AvgIpc) is 2.79. The second-order valence-electron chi connectivity index (χ2n) is 5.06. The van der Waals surface area contributed by atoms with Gasteiger partial charge in [-0.25, -0.2) is 0 Å². The molecule has 2 rings (SSSR count). The molecule has 0 aliphatic rings. The highest BCUT2D eigenvalue weighted by Gasteiger charge is 2.18. The van der Waals surface area contributed by atoms with Gasteiger partial charge in [-0.1, -0.05) is 19.1 Å². The summed E-state index contributed by atoms with van der Waals surface area (Å²) in [5.41, 5.74) is 9.71. The summed E-state index contributed by atoms with van der Waals surface area (Å²) >= 11 is 3.55. The number of nitrogens with zero attached hydrogens (tertiary/aromatic N) is 3. The van der Waals surface area contributed by atoms with E-state index in [0.717, 1.165) is 28.7 Å². The number of hydrogen-bond donors (Lipinski definition) is 1. The SMILES string of the molecule is CCCn1ncc(Br)c1C(N)c1ccc(N(C)C)cc1. The van der Waals surface area contributed by atoms with E-state index in [-0.39, 0.29) is 6.04 Å². The van der Waals surface area contributed by atoms with Gasteiger partial charge in [0, 0.05) is 26.3 Å². The molecule has 0 aliphatic heterocycles. The van der Waals surface area contributed by atoms with Gasteiger partial charge >= 0.3 is 0 Å². The van der Waals surface area contributed by atoms with Crippen LogP contribution in [0.2, 0.25) is 0 Å². The Labute approximate surface area is 128 Å². The summed E-state index contributed by atoms with van der Waals surface area (Å²) in [4.78, 5) is 2.08. The van der Waals surface area contributed by atoms with Crippen LogP contribution in [0.1, 0.15) is 30.6 Å². The van der Waals surface area contributed by atoms with E-state index in [2.05, 4.69) is 57.1 Å². The van der Waals surface area contributed by atoms with Gasteiger partial charge < -0.3 is 10.6 Å². The molecule has 1 unspecified atom stereocenters. The van der Waals surface area contributed by atoms with Gasteiger partial charge in [-0.15, -0.1) is 0 Å². The Balaban J connectivity index is 2.31. The lowest BCUT2D eigenvalue weighted by atomic mass is 10.0. The molecule has 0 saturated carbocycles. The monoisotopic (exact) mass is 336 g/mol. The van der Waals surface area contributed by atoms with E-state index in [1.807, 2.05) is 25.0 Å². The number of nitrogens with two attached hydrogens (primary N) is 1. The van der Waals surface area contributed by atoms with Crippen LogP contribution < -0.4 is 10.6 Å². The maximum Gasteiger partial charge on any atom is 0.0738 e. The van der Waals surface area contributed by atoms with Crippen LogP contribution in [-0.2, 0) is 6.54 Å². The third-order valence-electron chi connectivity index (χ3n) is 3.33. The zero-order valence-electron chi connectivity index (χ0n) is 12.2. The van der Waals surface area contributed by atoms with Gasteiger partial charge in [-0.2, -0.15) is 5.10 Å². The molecule has 0 radical (unpaired) electrons. The summed E-state index contributed by atoms with van der Waals surface area (Å²) < 4.78 is 2.95. The fraction of sp³-hybridized carbons (Fsp3) is 0.400. The summed E-state index contributed by atoms with van der Waals surface area (Å²) in [6.07, 6.45) is 2.85. The van der Waals surface area contributed by atoms with Crippen LogP contribution >= 0.6 is 15.9 Å². The minimum atomic E-state index is -0.172. The molecule has 2 aromatic rings. The van der Waals surface area contributed by atoms with Crippen molar-refractivity contribution in [2.75, 3.05) is 19.0 Å². The van der Waals surface area contributed by atoms with Crippen LogP contribution in [0.3, 0.4) is 0 Å². The van der Waals surface area contributed by atoms with E-state index in [1.54, 1.807) is 0 Å². The van der Waals surface area contributed by atoms with Crippen LogP contribution in [-0.4, -0.2) is 23.9 Å². The average molecular weight is 337 g/mol. The number of hydrogen-bond acceptors (Lipinski definition) is 3. The molecule has 0 bridgehead atoms. The van der Waals surface area contributed by atoms with Crippen molar-refractivity contribution in [3.63, 3.8) is 0 Å². The third-order valence-corrected chi connectivity index (χ3v) is 3.94. The van der Waals surface area contributed by atoms with Gasteiger partial charge in [0.25, 0.3) is 0 Å². The number of aromatic nitrogens is 2. The predicted molar refractivity (Wildman–Crippen MR) is 87.0 cm³/mol. The largest absolute Gasteiger partial charge is 0.378 e. The van der Waals surface area contributed by atoms with E-state index < -0.39 is 0 Å². The zero-order valence-corrected chi connectivity index (χ0v) is 13.8. The molecule has 0 saturated heterocycles. The second kappa shape index (κ2) is 6.41. The Hall–Kier alpha value is -1.33. The molecule has 1 aromatic heterocycles. The lowest BCUT2D eigenvalue weighted by Crippen LogP contribution is -2.18. The molecule has 0 fully saturated rings. The summed E-state index contributed by atoms with van der Waals surface area (Å²) in [5.74, 6) is 0. The van der Waals surface area contributed by atoms with Gasteiger partial charge in [-0.3, -0.25) is 4.68 Å². The Bertz CT molecular complexity index is 560. The molecular formula is C15H21BrN4. The van der Waals surface area contributed by atoms with E-state index in [9.17, 15) is 0 Å². The van der Waals surface area contributed by atoms with Crippen molar-refractivity contribution in [3.05, 3.63) is 46.2 Å². The highest BCUT2D eigenvalue weighted by atomic mass is 79.9. The molecule has 1 heterocycles. The molecule has 1 aromatic carbocycles. The van der Waals surface area contributed by atoms with Crippen molar-refractivity contribution in [2.45, 2.75) is 25.9 Å². The maximum absolute atomic E-state index is 6.41. The van der Waals surface area contributed by atoms with Crippen LogP contribution in [0.25, 0.3) is 0 Å². The van der Waals surface area contributed by atoms with Crippen LogP contribution in [0.4, 0.5) is 5.69 Å². The molecule has 0 spiro atoms. The van der Waals surface area contributed by atoms with Crippen molar-refractivity contribution in [1.82, 2.24) is 9.78 Å². The van der Waals surface area contributed by atoms with Crippen LogP contribution in [0.15, 0.2) is 34.9 Å². The van der Waals surface area contributed by atoms with E-state index >= 15 is 0 Å². The highest BCUT2D eigenvalue weighted by Crippen LogP contribution is 2.28. The highest BCUT2D eigenvalue weighted by molar-refractivity contribution is 9.10. The minimum absolute atomic E-state index is 0.172. The first kappa shape index (κ1) is 15.1. The van der Waals surface area contributed by atoms with E-state index in [0.29, 0.717) is 0 Å². The lowest BCUT2D eigenvalue weighted by Gasteiger charge is -2.17. The molecule has 4 nitrogen and oxygen atoms in total. The fourth-order valence-electron chi connectivity index (χ4n) is 2.21. The number of rotatable bonds is 5. The third kappa shape index (κ3) is 3.04. The second-order valence-corrected chi connectivity index (χ2v) is 5.92. The van der Waals surface area contributed by atoms with Crippen molar-refractivity contribution in [1.29, 1.82) is 0 Å². The van der Waals surface area contributed by atoms with E-state index in [1.165, 1.54) is 5.69 Å².